The number of anilines is 2. The molecule has 0 aliphatic heterocycles. The van der Waals surface area contributed by atoms with E-state index in [2.05, 4.69) is 15.5 Å². The lowest BCUT2D eigenvalue weighted by Gasteiger charge is -2.07. The molecule has 2 aromatic rings. The molecule has 5 nitrogen and oxygen atoms in total. The Hall–Kier alpha value is -1.75. The van der Waals surface area contributed by atoms with Crippen molar-refractivity contribution in [2.45, 2.75) is 20.4 Å². The minimum Gasteiger partial charge on any atom is -0.397 e. The Morgan fingerprint density at radius 2 is 2.24 bits per heavy atom. The van der Waals surface area contributed by atoms with E-state index in [1.165, 1.54) is 0 Å². The Morgan fingerprint density at radius 3 is 2.82 bits per heavy atom. The van der Waals surface area contributed by atoms with Crippen LogP contribution in [0.15, 0.2) is 16.8 Å². The summed E-state index contributed by atoms with van der Waals surface area (Å²) >= 11 is 6.01. The van der Waals surface area contributed by atoms with Crippen molar-refractivity contribution in [3.8, 4) is 0 Å². The Kier molecular flexibility index (Phi) is 3.19. The highest BCUT2D eigenvalue weighted by Crippen LogP contribution is 2.22. The van der Waals surface area contributed by atoms with Gasteiger partial charge in [-0.25, -0.2) is 4.98 Å². The van der Waals surface area contributed by atoms with Crippen LogP contribution in [0.25, 0.3) is 0 Å². The SMILES string of the molecule is Cc1noc(C)c1CNc1ncc(N)cc1Cl. The minimum absolute atomic E-state index is 0.497. The lowest BCUT2D eigenvalue weighted by atomic mass is 10.2. The van der Waals surface area contributed by atoms with Crippen LogP contribution in [0.5, 0.6) is 0 Å². The first-order valence-corrected chi connectivity index (χ1v) is 5.52. The van der Waals surface area contributed by atoms with Gasteiger partial charge in [-0.2, -0.15) is 0 Å². The lowest BCUT2D eigenvalue weighted by Crippen LogP contribution is -2.04. The molecule has 0 saturated carbocycles. The number of halogens is 1. The molecule has 0 aliphatic rings. The monoisotopic (exact) mass is 252 g/mol. The topological polar surface area (TPSA) is 77.0 Å². The van der Waals surface area contributed by atoms with E-state index in [9.17, 15) is 0 Å². The molecule has 0 bridgehead atoms. The molecule has 2 aromatic heterocycles. The van der Waals surface area contributed by atoms with Gasteiger partial charge in [0, 0.05) is 12.1 Å². The Morgan fingerprint density at radius 1 is 1.47 bits per heavy atom. The molecule has 3 N–H and O–H groups in total. The summed E-state index contributed by atoms with van der Waals surface area (Å²) in [5, 5.41) is 7.50. The quantitative estimate of drug-likeness (QED) is 0.878. The Balaban J connectivity index is 2.13. The summed E-state index contributed by atoms with van der Waals surface area (Å²) in [7, 11) is 0. The number of rotatable bonds is 3. The van der Waals surface area contributed by atoms with Gasteiger partial charge in [-0.15, -0.1) is 0 Å². The average molecular weight is 253 g/mol. The number of nitrogens with one attached hydrogen (secondary N) is 1. The summed E-state index contributed by atoms with van der Waals surface area (Å²) in [5.41, 5.74) is 7.98. The second-order valence-electron chi connectivity index (χ2n) is 3.76. The standard InChI is InChI=1S/C11H13ClN4O/c1-6-9(7(2)17-16-6)5-15-11-10(12)3-8(13)4-14-11/h3-4H,5,13H2,1-2H3,(H,14,15). The van der Waals surface area contributed by atoms with Crippen molar-refractivity contribution in [1.29, 1.82) is 0 Å². The summed E-state index contributed by atoms with van der Waals surface area (Å²) in [4.78, 5) is 4.12. The van der Waals surface area contributed by atoms with Gasteiger partial charge in [0.05, 0.1) is 22.6 Å². The van der Waals surface area contributed by atoms with Gasteiger partial charge in [-0.1, -0.05) is 16.8 Å². The molecule has 0 aromatic carbocycles. The maximum Gasteiger partial charge on any atom is 0.145 e. The van der Waals surface area contributed by atoms with Crippen molar-refractivity contribution in [2.75, 3.05) is 11.1 Å². The first-order valence-electron chi connectivity index (χ1n) is 5.14. The molecule has 6 heteroatoms. The molecule has 0 aliphatic carbocycles. The van der Waals surface area contributed by atoms with Crippen LogP contribution >= 0.6 is 11.6 Å². The van der Waals surface area contributed by atoms with Gasteiger partial charge in [0.25, 0.3) is 0 Å². The van der Waals surface area contributed by atoms with Crippen molar-refractivity contribution in [1.82, 2.24) is 10.1 Å². The first kappa shape index (κ1) is 11.7. The van der Waals surface area contributed by atoms with Gasteiger partial charge in [0.2, 0.25) is 0 Å². The molecule has 0 radical (unpaired) electrons. The molecule has 0 spiro atoms. The maximum atomic E-state index is 6.01. The van der Waals surface area contributed by atoms with E-state index in [1.54, 1.807) is 12.3 Å². The fourth-order valence-electron chi connectivity index (χ4n) is 1.51. The fraction of sp³-hybridized carbons (Fsp3) is 0.273. The van der Waals surface area contributed by atoms with E-state index in [4.69, 9.17) is 21.9 Å². The van der Waals surface area contributed by atoms with Gasteiger partial charge in [0.1, 0.15) is 11.6 Å². The molecule has 0 amide bonds. The Labute approximate surface area is 104 Å². The molecule has 0 atom stereocenters. The zero-order valence-electron chi connectivity index (χ0n) is 9.62. The van der Waals surface area contributed by atoms with Crippen LogP contribution in [0.4, 0.5) is 11.5 Å². The molecule has 0 saturated heterocycles. The van der Waals surface area contributed by atoms with E-state index >= 15 is 0 Å². The number of hydrogen-bond donors (Lipinski definition) is 2. The molecular weight excluding hydrogens is 240 g/mol. The van der Waals surface area contributed by atoms with Crippen molar-refractivity contribution < 1.29 is 4.52 Å². The highest BCUT2D eigenvalue weighted by Gasteiger charge is 2.09. The summed E-state index contributed by atoms with van der Waals surface area (Å²) < 4.78 is 5.07. The summed E-state index contributed by atoms with van der Waals surface area (Å²) in [6, 6.07) is 1.66. The highest BCUT2D eigenvalue weighted by molar-refractivity contribution is 6.33. The maximum absolute atomic E-state index is 6.01. The normalized spacial score (nSPS) is 10.5. The smallest absolute Gasteiger partial charge is 0.145 e. The van der Waals surface area contributed by atoms with E-state index in [1.807, 2.05) is 13.8 Å². The summed E-state index contributed by atoms with van der Waals surface area (Å²) in [6.07, 6.45) is 1.56. The van der Waals surface area contributed by atoms with Crippen LogP contribution < -0.4 is 11.1 Å². The number of aryl methyl sites for hydroxylation is 2. The fourth-order valence-corrected chi connectivity index (χ4v) is 1.75. The third-order valence-electron chi connectivity index (χ3n) is 2.48. The number of hydrogen-bond acceptors (Lipinski definition) is 5. The third-order valence-corrected chi connectivity index (χ3v) is 2.76. The van der Waals surface area contributed by atoms with E-state index < -0.39 is 0 Å². The second-order valence-corrected chi connectivity index (χ2v) is 4.16. The molecule has 90 valence electrons. The van der Waals surface area contributed by atoms with E-state index in [0.29, 0.717) is 23.1 Å². The molecular formula is C11H13ClN4O. The van der Waals surface area contributed by atoms with Crippen LogP contribution in [0, 0.1) is 13.8 Å². The van der Waals surface area contributed by atoms with Gasteiger partial charge in [-0.3, -0.25) is 0 Å². The van der Waals surface area contributed by atoms with Crippen LogP contribution in [-0.4, -0.2) is 10.1 Å². The summed E-state index contributed by atoms with van der Waals surface area (Å²) in [6.45, 7) is 4.33. The number of nitrogens with two attached hydrogens (primary N) is 1. The summed E-state index contributed by atoms with van der Waals surface area (Å²) in [5.74, 6) is 1.39. The van der Waals surface area contributed by atoms with E-state index in [0.717, 1.165) is 17.0 Å². The third kappa shape index (κ3) is 2.50. The molecule has 0 fully saturated rings. The second kappa shape index (κ2) is 4.63. The van der Waals surface area contributed by atoms with Gasteiger partial charge in [0.15, 0.2) is 0 Å². The van der Waals surface area contributed by atoms with Crippen molar-refractivity contribution in [3.05, 3.63) is 34.3 Å². The van der Waals surface area contributed by atoms with Crippen LogP contribution in [-0.2, 0) is 6.54 Å². The predicted octanol–water partition coefficient (Wildman–Crippen LogP) is 2.53. The predicted molar refractivity (Wildman–Crippen MR) is 67.0 cm³/mol. The van der Waals surface area contributed by atoms with Crippen molar-refractivity contribution >= 4 is 23.1 Å². The molecule has 0 unspecified atom stereocenters. The lowest BCUT2D eigenvalue weighted by molar-refractivity contribution is 0.392. The number of nitrogen functional groups attached to an aromatic ring is 1. The van der Waals surface area contributed by atoms with Gasteiger partial charge >= 0.3 is 0 Å². The van der Waals surface area contributed by atoms with Crippen molar-refractivity contribution in [2.24, 2.45) is 0 Å². The average Bonchev–Trinajstić information content (AvgIpc) is 2.58. The minimum atomic E-state index is 0.497. The van der Waals surface area contributed by atoms with Crippen molar-refractivity contribution in [3.63, 3.8) is 0 Å². The highest BCUT2D eigenvalue weighted by atomic mass is 35.5. The molecule has 17 heavy (non-hydrogen) atoms. The largest absolute Gasteiger partial charge is 0.397 e. The van der Waals surface area contributed by atoms with Crippen LogP contribution in [0.1, 0.15) is 17.0 Å². The Bertz CT molecular complexity index is 519. The van der Waals surface area contributed by atoms with Gasteiger partial charge in [-0.05, 0) is 19.9 Å². The van der Waals surface area contributed by atoms with Crippen LogP contribution in [0.3, 0.4) is 0 Å². The number of pyridine rings is 1. The molecule has 2 heterocycles. The van der Waals surface area contributed by atoms with Crippen LogP contribution in [0.2, 0.25) is 5.02 Å². The number of nitrogens with zero attached hydrogens (tertiary/aromatic N) is 2. The molecule has 2 rings (SSSR count). The van der Waals surface area contributed by atoms with Gasteiger partial charge < -0.3 is 15.6 Å². The zero-order chi connectivity index (χ0) is 12.4. The number of aromatic nitrogens is 2. The zero-order valence-corrected chi connectivity index (χ0v) is 10.4. The van der Waals surface area contributed by atoms with E-state index in [-0.39, 0.29) is 0 Å². The first-order chi connectivity index (χ1) is 8.08.